The highest BCUT2D eigenvalue weighted by Crippen LogP contribution is 2.13. The normalized spacial score (nSPS) is 10.3. The largest absolute Gasteiger partial charge is 0.462 e. The van der Waals surface area contributed by atoms with Crippen molar-refractivity contribution in [1.82, 2.24) is 5.32 Å². The molecule has 4 nitrogen and oxygen atoms in total. The van der Waals surface area contributed by atoms with Gasteiger partial charge >= 0.3 is 5.97 Å². The van der Waals surface area contributed by atoms with Crippen molar-refractivity contribution in [3.05, 3.63) is 25.3 Å². The molecule has 0 unspecified atom stereocenters. The Bertz CT molecular complexity index is 243. The second-order valence-electron chi connectivity index (χ2n) is 3.90. The summed E-state index contributed by atoms with van der Waals surface area (Å²) in [5, 5.41) is 2.64. The maximum absolute atomic E-state index is 10.9. The summed E-state index contributed by atoms with van der Waals surface area (Å²) < 4.78 is 4.89. The molecule has 0 heterocycles. The molecular formula is C11H17NO3. The lowest BCUT2D eigenvalue weighted by molar-refractivity contribution is -0.140. The lowest BCUT2D eigenvalue weighted by Gasteiger charge is -2.23. The fraction of sp³-hybridized carbons (Fsp3) is 0.455. The molecule has 0 fully saturated rings. The van der Waals surface area contributed by atoms with Gasteiger partial charge in [0, 0.05) is 18.0 Å². The minimum Gasteiger partial charge on any atom is -0.462 e. The van der Waals surface area contributed by atoms with Gasteiger partial charge in [-0.2, -0.15) is 0 Å². The average Bonchev–Trinajstić information content (AvgIpc) is 2.22. The van der Waals surface area contributed by atoms with Crippen molar-refractivity contribution in [2.75, 3.05) is 13.2 Å². The molecule has 0 aliphatic rings. The molecule has 0 bridgehead atoms. The second kappa shape index (κ2) is 6.01. The molecule has 15 heavy (non-hydrogen) atoms. The number of hydrogen-bond acceptors (Lipinski definition) is 3. The van der Waals surface area contributed by atoms with Crippen molar-refractivity contribution < 1.29 is 14.3 Å². The molecule has 0 saturated heterocycles. The monoisotopic (exact) mass is 211 g/mol. The van der Waals surface area contributed by atoms with Crippen molar-refractivity contribution in [1.29, 1.82) is 0 Å². The first-order valence-electron chi connectivity index (χ1n) is 4.61. The minimum atomic E-state index is -0.460. The van der Waals surface area contributed by atoms with Crippen LogP contribution in [0.25, 0.3) is 0 Å². The van der Waals surface area contributed by atoms with Crippen LogP contribution in [0.15, 0.2) is 25.3 Å². The van der Waals surface area contributed by atoms with Gasteiger partial charge in [0.2, 0.25) is 5.91 Å². The van der Waals surface area contributed by atoms with E-state index < -0.39 is 5.97 Å². The summed E-state index contributed by atoms with van der Waals surface area (Å²) in [5.74, 6) is -0.698. The minimum absolute atomic E-state index is 0.231. The van der Waals surface area contributed by atoms with Crippen LogP contribution in [0.1, 0.15) is 13.8 Å². The van der Waals surface area contributed by atoms with E-state index in [1.165, 1.54) is 6.08 Å². The van der Waals surface area contributed by atoms with Gasteiger partial charge in [0.05, 0.1) is 6.61 Å². The van der Waals surface area contributed by atoms with Gasteiger partial charge in [0.1, 0.15) is 0 Å². The quantitative estimate of drug-likeness (QED) is 0.527. The van der Waals surface area contributed by atoms with Gasteiger partial charge in [-0.05, 0) is 6.08 Å². The van der Waals surface area contributed by atoms with Crippen LogP contribution >= 0.6 is 0 Å². The predicted octanol–water partition coefficient (Wildman–Crippen LogP) is 1.04. The average molecular weight is 211 g/mol. The van der Waals surface area contributed by atoms with Crippen molar-refractivity contribution in [2.45, 2.75) is 13.8 Å². The highest BCUT2D eigenvalue weighted by molar-refractivity contribution is 5.86. The summed E-state index contributed by atoms with van der Waals surface area (Å²) in [6.45, 7) is 11.0. The highest BCUT2D eigenvalue weighted by atomic mass is 16.5. The summed E-state index contributed by atoms with van der Waals surface area (Å²) >= 11 is 0. The van der Waals surface area contributed by atoms with Gasteiger partial charge < -0.3 is 10.1 Å². The molecule has 0 aliphatic carbocycles. The molecule has 0 aromatic carbocycles. The molecule has 0 aliphatic heterocycles. The van der Waals surface area contributed by atoms with Gasteiger partial charge in [-0.3, -0.25) is 4.79 Å². The van der Waals surface area contributed by atoms with Gasteiger partial charge in [0.25, 0.3) is 0 Å². The van der Waals surface area contributed by atoms with Crippen LogP contribution in [0.5, 0.6) is 0 Å². The van der Waals surface area contributed by atoms with E-state index >= 15 is 0 Å². The number of hydrogen-bond donors (Lipinski definition) is 1. The molecule has 4 heteroatoms. The van der Waals surface area contributed by atoms with Crippen LogP contribution in [0, 0.1) is 5.41 Å². The van der Waals surface area contributed by atoms with E-state index in [-0.39, 0.29) is 17.9 Å². The summed E-state index contributed by atoms with van der Waals surface area (Å²) in [5.41, 5.74) is -0.308. The van der Waals surface area contributed by atoms with Crippen molar-refractivity contribution in [3.8, 4) is 0 Å². The standard InChI is InChI=1S/C11H17NO3/c1-5-9(13)12-7-11(3,4)8-15-10(14)6-2/h5-6H,1-2,7-8H2,3-4H3,(H,12,13). The Morgan fingerprint density at radius 3 is 2.40 bits per heavy atom. The SMILES string of the molecule is C=CC(=O)NCC(C)(C)COC(=O)C=C. The second-order valence-corrected chi connectivity index (χ2v) is 3.90. The van der Waals surface area contributed by atoms with Crippen molar-refractivity contribution in [2.24, 2.45) is 5.41 Å². The van der Waals surface area contributed by atoms with Gasteiger partial charge in [-0.1, -0.05) is 27.0 Å². The topological polar surface area (TPSA) is 55.4 Å². The summed E-state index contributed by atoms with van der Waals surface area (Å²) in [4.78, 5) is 21.7. The third kappa shape index (κ3) is 6.49. The number of amides is 1. The Hall–Kier alpha value is -1.58. The van der Waals surface area contributed by atoms with Crippen LogP contribution in [0.2, 0.25) is 0 Å². The lowest BCUT2D eigenvalue weighted by Crippen LogP contribution is -2.36. The van der Waals surface area contributed by atoms with E-state index in [2.05, 4.69) is 18.5 Å². The first-order valence-corrected chi connectivity index (χ1v) is 4.61. The molecule has 1 amide bonds. The smallest absolute Gasteiger partial charge is 0.330 e. The maximum atomic E-state index is 10.9. The number of carbonyl (C=O) groups excluding carboxylic acids is 2. The third-order valence-electron chi connectivity index (χ3n) is 1.70. The number of rotatable bonds is 6. The van der Waals surface area contributed by atoms with Crippen LogP contribution in [-0.2, 0) is 14.3 Å². The van der Waals surface area contributed by atoms with Crippen LogP contribution in [0.3, 0.4) is 0 Å². The summed E-state index contributed by atoms with van der Waals surface area (Å²) in [6.07, 6.45) is 2.31. The Labute approximate surface area is 90.0 Å². The lowest BCUT2D eigenvalue weighted by atomic mass is 9.95. The molecule has 0 aromatic rings. The third-order valence-corrected chi connectivity index (χ3v) is 1.70. The fourth-order valence-corrected chi connectivity index (χ4v) is 0.775. The van der Waals surface area contributed by atoms with E-state index in [4.69, 9.17) is 4.74 Å². The number of esters is 1. The van der Waals surface area contributed by atoms with Crippen LogP contribution in [-0.4, -0.2) is 25.0 Å². The number of ether oxygens (including phenoxy) is 1. The van der Waals surface area contributed by atoms with E-state index in [1.807, 2.05) is 13.8 Å². The molecule has 0 spiro atoms. The van der Waals surface area contributed by atoms with Crippen molar-refractivity contribution >= 4 is 11.9 Å². The van der Waals surface area contributed by atoms with Gasteiger partial charge in [0.15, 0.2) is 0 Å². The Morgan fingerprint density at radius 2 is 1.93 bits per heavy atom. The Kier molecular flexibility index (Phi) is 5.37. The zero-order valence-corrected chi connectivity index (χ0v) is 9.21. The van der Waals surface area contributed by atoms with Gasteiger partial charge in [-0.25, -0.2) is 4.79 Å². The summed E-state index contributed by atoms with van der Waals surface area (Å²) in [6, 6.07) is 0. The highest BCUT2D eigenvalue weighted by Gasteiger charge is 2.20. The van der Waals surface area contributed by atoms with E-state index in [0.29, 0.717) is 6.54 Å². The predicted molar refractivity (Wildman–Crippen MR) is 58.1 cm³/mol. The first kappa shape index (κ1) is 13.4. The summed E-state index contributed by atoms with van der Waals surface area (Å²) in [7, 11) is 0. The molecule has 0 rings (SSSR count). The van der Waals surface area contributed by atoms with Gasteiger partial charge in [-0.15, -0.1) is 0 Å². The fourth-order valence-electron chi connectivity index (χ4n) is 0.775. The molecule has 0 aromatic heterocycles. The van der Waals surface area contributed by atoms with E-state index in [9.17, 15) is 9.59 Å². The zero-order chi connectivity index (χ0) is 11.9. The zero-order valence-electron chi connectivity index (χ0n) is 9.21. The Balaban J connectivity index is 3.95. The molecule has 0 saturated carbocycles. The van der Waals surface area contributed by atoms with Crippen molar-refractivity contribution in [3.63, 3.8) is 0 Å². The first-order chi connectivity index (χ1) is 6.91. The number of nitrogens with one attached hydrogen (secondary N) is 1. The maximum Gasteiger partial charge on any atom is 0.330 e. The van der Waals surface area contributed by atoms with E-state index in [0.717, 1.165) is 6.08 Å². The molecule has 1 N–H and O–H groups in total. The Morgan fingerprint density at radius 1 is 1.33 bits per heavy atom. The molecule has 0 atom stereocenters. The molecule has 84 valence electrons. The van der Waals surface area contributed by atoms with Crippen LogP contribution in [0.4, 0.5) is 0 Å². The van der Waals surface area contributed by atoms with E-state index in [1.54, 1.807) is 0 Å². The molecular weight excluding hydrogens is 194 g/mol. The van der Waals surface area contributed by atoms with Crippen LogP contribution < -0.4 is 5.32 Å². The number of carbonyl (C=O) groups is 2. The molecule has 0 radical (unpaired) electrons.